The Bertz CT molecular complexity index is 985. The van der Waals surface area contributed by atoms with Crippen LogP contribution in [0.1, 0.15) is 19.4 Å². The first-order chi connectivity index (χ1) is 14.1. The molecular weight excluding hydrogens is 448 g/mol. The van der Waals surface area contributed by atoms with Crippen molar-refractivity contribution >= 4 is 23.4 Å². The third-order valence-corrected chi connectivity index (χ3v) is 3.46. The van der Waals surface area contributed by atoms with Gasteiger partial charge in [0.2, 0.25) is 0 Å². The quantitative estimate of drug-likeness (QED) is 0.190. The number of hydrogen-bond donors (Lipinski definition) is 3. The van der Waals surface area contributed by atoms with Gasteiger partial charge in [0.05, 0.1) is 30.5 Å². The zero-order chi connectivity index (χ0) is 22.8. The van der Waals surface area contributed by atoms with Crippen molar-refractivity contribution in [2.75, 3.05) is 14.2 Å². The van der Waals surface area contributed by atoms with Crippen LogP contribution in [0.5, 0.6) is 23.0 Å². The summed E-state index contributed by atoms with van der Waals surface area (Å²) in [5.41, 5.74) is 0.0385. The number of phenols is 2. The van der Waals surface area contributed by atoms with Gasteiger partial charge in [-0.05, 0) is 19.9 Å². The van der Waals surface area contributed by atoms with Gasteiger partial charge in [-0.3, -0.25) is 19.9 Å². The van der Waals surface area contributed by atoms with Gasteiger partial charge in [-0.1, -0.05) is 0 Å². The smallest absolute Gasteiger partial charge is 0.271 e. The number of aliphatic imine (C=N–C) groups is 1. The van der Waals surface area contributed by atoms with Crippen LogP contribution in [0.4, 0.5) is 11.4 Å². The van der Waals surface area contributed by atoms with Crippen molar-refractivity contribution in [2.24, 2.45) is 4.99 Å². The summed E-state index contributed by atoms with van der Waals surface area (Å²) in [7, 11) is 2.86. The molecule has 0 aliphatic heterocycles. The third kappa shape index (κ3) is 8.78. The number of phenolic OH excluding ortho intramolecular Hbond substituents is 2. The molecule has 0 spiro atoms. The Morgan fingerprint density at radius 1 is 1.10 bits per heavy atom. The van der Waals surface area contributed by atoms with Crippen molar-refractivity contribution in [2.45, 2.75) is 13.8 Å². The minimum absolute atomic E-state index is 0. The van der Waals surface area contributed by atoms with Crippen molar-refractivity contribution < 1.29 is 51.9 Å². The molecule has 0 fully saturated rings. The van der Waals surface area contributed by atoms with Crippen molar-refractivity contribution in [1.29, 1.82) is 0 Å². The van der Waals surface area contributed by atoms with Crippen molar-refractivity contribution in [3.05, 3.63) is 57.8 Å². The molecule has 31 heavy (non-hydrogen) atoms. The summed E-state index contributed by atoms with van der Waals surface area (Å²) in [6.07, 6.45) is 2.41. The van der Waals surface area contributed by atoms with Gasteiger partial charge in [0.15, 0.2) is 5.78 Å². The van der Waals surface area contributed by atoms with E-state index in [1.807, 2.05) is 0 Å². The number of aliphatic hydroxyl groups is 1. The van der Waals surface area contributed by atoms with Gasteiger partial charge >= 0.3 is 0 Å². The SMILES string of the molecule is CC(=O)/C=C(/C)O.COc1cc(O)c(C=Nc2cc([N+](=O)[O-])ccc2O)c(OC)c1.[Cr]. The Hall–Kier alpha value is -3.55. The number of carbonyl (C=O) groups excluding carboxylic acids is 1. The minimum atomic E-state index is -0.593. The molecule has 0 heterocycles. The number of benzene rings is 2. The molecule has 0 radical (unpaired) electrons. The van der Waals surface area contributed by atoms with E-state index >= 15 is 0 Å². The van der Waals surface area contributed by atoms with Gasteiger partial charge in [-0.25, -0.2) is 0 Å². The molecule has 0 unspecified atom stereocenters. The van der Waals surface area contributed by atoms with E-state index in [1.165, 1.54) is 58.6 Å². The van der Waals surface area contributed by atoms with Gasteiger partial charge in [0.1, 0.15) is 28.7 Å². The number of aliphatic hydroxyl groups excluding tert-OH is 1. The van der Waals surface area contributed by atoms with E-state index in [9.17, 15) is 25.1 Å². The zero-order valence-electron chi connectivity index (χ0n) is 17.2. The maximum Gasteiger partial charge on any atom is 0.271 e. The standard InChI is InChI=1S/C15H14N2O6.C5H8O2.Cr/c1-22-10-6-14(19)11(15(7-10)23-2)8-16-12-5-9(17(20)21)3-4-13(12)18;1-4(6)3-5(2)7;/h3-8,18-19H,1-2H3;3,6H,1-2H3;/b;4-3-;. The molecule has 3 N–H and O–H groups in total. The number of carbonyl (C=O) groups is 1. The van der Waals surface area contributed by atoms with Crippen LogP contribution in [-0.2, 0) is 22.2 Å². The molecule has 11 heteroatoms. The second kappa shape index (κ2) is 12.9. The average Bonchev–Trinajstić information content (AvgIpc) is 2.66. The van der Waals surface area contributed by atoms with Gasteiger partial charge in [-0.15, -0.1) is 0 Å². The Morgan fingerprint density at radius 2 is 1.74 bits per heavy atom. The summed E-state index contributed by atoms with van der Waals surface area (Å²) >= 11 is 0. The number of non-ortho nitro benzene ring substituents is 1. The maximum atomic E-state index is 10.8. The molecular formula is C20H22CrN2O8. The summed E-state index contributed by atoms with van der Waals surface area (Å²) in [6.45, 7) is 2.85. The molecule has 0 amide bonds. The number of ether oxygens (including phenoxy) is 2. The number of rotatable bonds is 6. The van der Waals surface area contributed by atoms with Gasteiger partial charge in [0, 0.05) is 53.9 Å². The van der Waals surface area contributed by atoms with Gasteiger partial charge < -0.3 is 24.8 Å². The van der Waals surface area contributed by atoms with E-state index in [0.717, 1.165) is 6.07 Å². The first kappa shape index (κ1) is 27.5. The second-order valence-corrected chi connectivity index (χ2v) is 5.85. The molecule has 0 atom stereocenters. The monoisotopic (exact) mass is 470 g/mol. The van der Waals surface area contributed by atoms with E-state index in [1.54, 1.807) is 6.07 Å². The fraction of sp³-hybridized carbons (Fsp3) is 0.200. The number of nitro groups is 1. The fourth-order valence-corrected chi connectivity index (χ4v) is 2.16. The number of methoxy groups -OCH3 is 2. The third-order valence-electron chi connectivity index (χ3n) is 3.46. The first-order valence-electron chi connectivity index (χ1n) is 8.43. The van der Waals surface area contributed by atoms with Crippen LogP contribution in [0, 0.1) is 10.1 Å². The molecule has 0 aliphatic carbocycles. The molecule has 0 aromatic heterocycles. The maximum absolute atomic E-state index is 10.8. The number of hydrogen-bond acceptors (Lipinski definition) is 9. The minimum Gasteiger partial charge on any atom is -0.512 e. The normalized spacial score (nSPS) is 10.5. The second-order valence-electron chi connectivity index (χ2n) is 5.85. The summed E-state index contributed by atoms with van der Waals surface area (Å²) in [5.74, 6) is 0.270. The van der Waals surface area contributed by atoms with Crippen LogP contribution in [0.3, 0.4) is 0 Å². The molecule has 0 saturated carbocycles. The number of ketones is 1. The van der Waals surface area contributed by atoms with Crippen LogP contribution in [0.2, 0.25) is 0 Å². The van der Waals surface area contributed by atoms with Crippen molar-refractivity contribution in [3.63, 3.8) is 0 Å². The zero-order valence-corrected chi connectivity index (χ0v) is 18.5. The first-order valence-corrected chi connectivity index (χ1v) is 8.43. The van der Waals surface area contributed by atoms with Crippen molar-refractivity contribution in [1.82, 2.24) is 0 Å². The predicted molar refractivity (Wildman–Crippen MR) is 110 cm³/mol. The Labute approximate surface area is 189 Å². The van der Waals surface area contributed by atoms with Crippen molar-refractivity contribution in [3.8, 4) is 23.0 Å². The number of nitro benzene ring substituents is 1. The van der Waals surface area contributed by atoms with Crippen LogP contribution in [0.25, 0.3) is 0 Å². The largest absolute Gasteiger partial charge is 0.512 e. The number of allylic oxidation sites excluding steroid dienone is 2. The molecule has 2 rings (SSSR count). The summed E-state index contributed by atoms with van der Waals surface area (Å²) in [5, 5.41) is 38.9. The summed E-state index contributed by atoms with van der Waals surface area (Å²) in [6, 6.07) is 6.39. The van der Waals surface area contributed by atoms with E-state index in [2.05, 4.69) is 4.99 Å². The number of aromatic hydroxyl groups is 2. The average molecular weight is 470 g/mol. The van der Waals surface area contributed by atoms with E-state index in [4.69, 9.17) is 14.6 Å². The topological polar surface area (TPSA) is 152 Å². The molecule has 2 aromatic carbocycles. The van der Waals surface area contributed by atoms with Gasteiger partial charge in [-0.2, -0.15) is 0 Å². The van der Waals surface area contributed by atoms with E-state index < -0.39 is 4.92 Å². The molecule has 0 saturated heterocycles. The predicted octanol–water partition coefficient (Wildman–Crippen LogP) is 3.81. The Morgan fingerprint density at radius 3 is 2.19 bits per heavy atom. The molecule has 0 aliphatic rings. The molecule has 0 bridgehead atoms. The van der Waals surface area contributed by atoms with Crippen LogP contribution < -0.4 is 9.47 Å². The van der Waals surface area contributed by atoms with Gasteiger partial charge in [0.25, 0.3) is 5.69 Å². The Kier molecular flexibility index (Phi) is 11.4. The molecule has 2 aromatic rings. The Balaban J connectivity index is 0.000000975. The fourth-order valence-electron chi connectivity index (χ4n) is 2.16. The van der Waals surface area contributed by atoms with E-state index in [0.29, 0.717) is 11.5 Å². The number of nitrogens with zero attached hydrogens (tertiary/aromatic N) is 2. The van der Waals surface area contributed by atoms with Crippen LogP contribution in [-0.4, -0.2) is 46.5 Å². The molecule has 10 nitrogen and oxygen atoms in total. The van der Waals surface area contributed by atoms with Crippen LogP contribution >= 0.6 is 0 Å². The van der Waals surface area contributed by atoms with Crippen LogP contribution in [0.15, 0.2) is 47.2 Å². The summed E-state index contributed by atoms with van der Waals surface area (Å²) in [4.78, 5) is 24.2. The van der Waals surface area contributed by atoms with E-state index in [-0.39, 0.29) is 57.3 Å². The summed E-state index contributed by atoms with van der Waals surface area (Å²) < 4.78 is 10.2. The molecule has 166 valence electrons.